The zero-order valence-corrected chi connectivity index (χ0v) is 24.0. The molecule has 6 nitrogen and oxygen atoms in total. The number of carboxylic acid groups (broad SMARTS) is 2. The minimum Gasteiger partial charge on any atom is -0.478 e. The van der Waals surface area contributed by atoms with Crippen LogP contribution in [-0.4, -0.2) is 28.1 Å². The molecule has 3 aromatic rings. The summed E-state index contributed by atoms with van der Waals surface area (Å²) in [7, 11) is 0. The maximum absolute atomic E-state index is 12.7. The first-order chi connectivity index (χ1) is 17.1. The summed E-state index contributed by atoms with van der Waals surface area (Å²) < 4.78 is 0. The number of amides is 1. The quantitative estimate of drug-likeness (QED) is 0.211. The largest absolute Gasteiger partial charge is 0.478 e. The Hall–Kier alpha value is -2.77. The van der Waals surface area contributed by atoms with Crippen molar-refractivity contribution in [2.45, 2.75) is 41.5 Å². The summed E-state index contributed by atoms with van der Waals surface area (Å²) in [6.07, 6.45) is 0. The summed E-state index contributed by atoms with van der Waals surface area (Å²) in [4.78, 5) is 35.0. The number of carboxylic acids is 2. The van der Waals surface area contributed by atoms with Gasteiger partial charge in [-0.2, -0.15) is 0 Å². The molecule has 10 heteroatoms. The summed E-state index contributed by atoms with van der Waals surface area (Å²) in [5.41, 5.74) is 5.79. The van der Waals surface area contributed by atoms with Crippen LogP contribution in [-0.2, 0) is 0 Å². The van der Waals surface area contributed by atoms with Crippen molar-refractivity contribution in [1.29, 1.82) is 0 Å². The van der Waals surface area contributed by atoms with Gasteiger partial charge in [-0.15, -0.1) is 0 Å². The van der Waals surface area contributed by atoms with Crippen LogP contribution in [0.4, 0.5) is 5.69 Å². The average Bonchev–Trinajstić information content (AvgIpc) is 2.79. The Bertz CT molecular complexity index is 1410. The number of anilines is 1. The van der Waals surface area contributed by atoms with Crippen LogP contribution >= 0.6 is 46.4 Å². The van der Waals surface area contributed by atoms with Gasteiger partial charge in [-0.25, -0.2) is 9.59 Å². The van der Waals surface area contributed by atoms with Gasteiger partial charge in [-0.3, -0.25) is 4.79 Å². The van der Waals surface area contributed by atoms with Crippen LogP contribution in [0.2, 0.25) is 20.1 Å². The number of nitrogens with one attached hydrogen (secondary N) is 1. The van der Waals surface area contributed by atoms with E-state index in [9.17, 15) is 19.5 Å². The standard InChI is InChI=1S/C17H13Cl4NO3.C10H12O2/c1-6-4-7(2)15(8(3)5-6)22-16(23)9-10(17(24)25)12(19)14(21)13(20)11(9)18;1-6-4-8(3)9(10(11)12)5-7(6)2/h4-5H,1-3H3,(H,22,23)(H,24,25);4-5H,1-3H3,(H,11,12). The van der Waals surface area contributed by atoms with Gasteiger partial charge in [0.25, 0.3) is 5.91 Å². The Morgan fingerprint density at radius 3 is 1.51 bits per heavy atom. The number of rotatable bonds is 4. The van der Waals surface area contributed by atoms with Crippen molar-refractivity contribution in [2.75, 3.05) is 5.32 Å². The summed E-state index contributed by atoms with van der Waals surface area (Å²) in [6.45, 7) is 11.3. The Balaban J connectivity index is 0.000000335. The molecule has 3 N–H and O–H groups in total. The Morgan fingerprint density at radius 2 is 1.05 bits per heavy atom. The minimum atomic E-state index is -1.44. The fraction of sp³-hybridized carbons (Fsp3) is 0.222. The normalized spacial score (nSPS) is 10.4. The number of halogens is 4. The molecule has 0 fully saturated rings. The molecule has 1 amide bonds. The van der Waals surface area contributed by atoms with Crippen molar-refractivity contribution in [1.82, 2.24) is 0 Å². The summed E-state index contributed by atoms with van der Waals surface area (Å²) in [5.74, 6) is -3.03. The topological polar surface area (TPSA) is 104 Å². The first-order valence-corrected chi connectivity index (χ1v) is 12.4. The van der Waals surface area contributed by atoms with Gasteiger partial charge in [0.2, 0.25) is 0 Å². The van der Waals surface area contributed by atoms with E-state index in [1.165, 1.54) is 0 Å². The highest BCUT2D eigenvalue weighted by molar-refractivity contribution is 6.54. The van der Waals surface area contributed by atoms with Crippen LogP contribution in [0, 0.1) is 41.5 Å². The van der Waals surface area contributed by atoms with Crippen molar-refractivity contribution in [2.24, 2.45) is 0 Å². The smallest absolute Gasteiger partial charge is 0.338 e. The second-order valence-corrected chi connectivity index (χ2v) is 10.1. The molecular formula is C27H25Cl4NO5. The maximum atomic E-state index is 12.7. The van der Waals surface area contributed by atoms with Gasteiger partial charge >= 0.3 is 11.9 Å². The van der Waals surface area contributed by atoms with E-state index in [1.807, 2.05) is 59.7 Å². The van der Waals surface area contributed by atoms with Crippen LogP contribution in [0.3, 0.4) is 0 Å². The number of aromatic carboxylic acids is 2. The first-order valence-electron chi connectivity index (χ1n) is 10.9. The third-order valence-corrected chi connectivity index (χ3v) is 7.50. The number of carbonyl (C=O) groups is 3. The highest BCUT2D eigenvalue weighted by Gasteiger charge is 2.29. The SMILES string of the molecule is Cc1cc(C)c(C(=O)O)cc1C.Cc1cc(C)c(NC(=O)c2c(Cl)c(Cl)c(Cl)c(Cl)c2C(=O)O)c(C)c1. The van der Waals surface area contributed by atoms with Crippen molar-refractivity contribution in [3.05, 3.63) is 94.4 Å². The Labute approximate surface area is 235 Å². The van der Waals surface area contributed by atoms with E-state index in [4.69, 9.17) is 51.5 Å². The molecule has 196 valence electrons. The first kappa shape index (κ1) is 30.5. The third kappa shape index (κ3) is 6.76. The van der Waals surface area contributed by atoms with Crippen molar-refractivity contribution in [3.63, 3.8) is 0 Å². The molecular weight excluding hydrogens is 560 g/mol. The second kappa shape index (κ2) is 12.2. The Morgan fingerprint density at radius 1 is 0.595 bits per heavy atom. The van der Waals surface area contributed by atoms with Gasteiger partial charge in [0, 0.05) is 5.69 Å². The maximum Gasteiger partial charge on any atom is 0.338 e. The lowest BCUT2D eigenvalue weighted by Gasteiger charge is -2.16. The molecule has 0 atom stereocenters. The fourth-order valence-electron chi connectivity index (χ4n) is 3.79. The molecule has 0 aliphatic rings. The lowest BCUT2D eigenvalue weighted by atomic mass is 10.0. The molecule has 0 aromatic heterocycles. The van der Waals surface area contributed by atoms with Gasteiger partial charge < -0.3 is 15.5 Å². The number of hydrogen-bond donors (Lipinski definition) is 3. The molecule has 0 spiro atoms. The summed E-state index contributed by atoms with van der Waals surface area (Å²) in [6, 6.07) is 7.40. The average molecular weight is 585 g/mol. The van der Waals surface area contributed by atoms with E-state index >= 15 is 0 Å². The van der Waals surface area contributed by atoms with Crippen molar-refractivity contribution in [3.8, 4) is 0 Å². The zero-order valence-electron chi connectivity index (χ0n) is 20.9. The van der Waals surface area contributed by atoms with E-state index in [0.29, 0.717) is 11.3 Å². The molecule has 0 bridgehead atoms. The Kier molecular flexibility index (Phi) is 10.0. The van der Waals surface area contributed by atoms with E-state index in [-0.39, 0.29) is 25.7 Å². The lowest BCUT2D eigenvalue weighted by Crippen LogP contribution is -2.19. The lowest BCUT2D eigenvalue weighted by molar-refractivity contribution is 0.0684. The van der Waals surface area contributed by atoms with Crippen LogP contribution in [0.25, 0.3) is 0 Å². The summed E-state index contributed by atoms with van der Waals surface area (Å²) >= 11 is 23.9. The molecule has 0 unspecified atom stereocenters. The molecule has 0 aliphatic heterocycles. The van der Waals surface area contributed by atoms with E-state index in [1.54, 1.807) is 6.07 Å². The predicted octanol–water partition coefficient (Wildman–Crippen LogP) is 8.49. The van der Waals surface area contributed by atoms with Crippen LogP contribution in [0.1, 0.15) is 64.5 Å². The number of benzene rings is 3. The molecule has 0 aliphatic carbocycles. The van der Waals surface area contributed by atoms with Crippen molar-refractivity contribution < 1.29 is 24.6 Å². The van der Waals surface area contributed by atoms with Crippen LogP contribution < -0.4 is 5.32 Å². The number of aryl methyl sites for hydroxylation is 6. The molecule has 0 saturated heterocycles. The fourth-order valence-corrected chi connectivity index (χ4v) is 4.81. The van der Waals surface area contributed by atoms with E-state index < -0.39 is 23.4 Å². The molecule has 0 radical (unpaired) electrons. The molecule has 0 saturated carbocycles. The highest BCUT2D eigenvalue weighted by atomic mass is 35.5. The molecule has 0 heterocycles. The van der Waals surface area contributed by atoms with Gasteiger partial charge in [0.05, 0.1) is 36.8 Å². The number of hydrogen-bond acceptors (Lipinski definition) is 3. The monoisotopic (exact) mass is 583 g/mol. The van der Waals surface area contributed by atoms with E-state index in [0.717, 1.165) is 33.4 Å². The van der Waals surface area contributed by atoms with Gasteiger partial charge in [-0.05, 0) is 75.4 Å². The van der Waals surface area contributed by atoms with E-state index in [2.05, 4.69) is 5.32 Å². The summed E-state index contributed by atoms with van der Waals surface area (Å²) in [5, 5.41) is 19.9. The number of carbonyl (C=O) groups excluding carboxylic acids is 1. The molecule has 37 heavy (non-hydrogen) atoms. The van der Waals surface area contributed by atoms with Gasteiger partial charge in [0.1, 0.15) is 0 Å². The highest BCUT2D eigenvalue weighted by Crippen LogP contribution is 2.42. The molecule has 3 aromatic carbocycles. The van der Waals surface area contributed by atoms with Gasteiger partial charge in [0.15, 0.2) is 0 Å². The van der Waals surface area contributed by atoms with Crippen LogP contribution in [0.15, 0.2) is 24.3 Å². The molecule has 3 rings (SSSR count). The third-order valence-electron chi connectivity index (χ3n) is 5.69. The van der Waals surface area contributed by atoms with Crippen molar-refractivity contribution >= 4 is 69.9 Å². The minimum absolute atomic E-state index is 0.180. The van der Waals surface area contributed by atoms with Crippen LogP contribution in [0.5, 0.6) is 0 Å². The predicted molar refractivity (Wildman–Crippen MR) is 150 cm³/mol. The van der Waals surface area contributed by atoms with Gasteiger partial charge in [-0.1, -0.05) is 70.2 Å². The second-order valence-electron chi connectivity index (χ2n) is 8.60. The zero-order chi connectivity index (χ0) is 28.4.